The summed E-state index contributed by atoms with van der Waals surface area (Å²) in [5, 5.41) is 5.97. The summed E-state index contributed by atoms with van der Waals surface area (Å²) < 4.78 is 5.14. The molecule has 1 aliphatic heterocycles. The molecule has 1 aliphatic rings. The number of benzene rings is 1. The van der Waals surface area contributed by atoms with Crippen LogP contribution in [0.5, 0.6) is 0 Å². The number of amides is 1. The zero-order valence-corrected chi connectivity index (χ0v) is 12.5. The van der Waals surface area contributed by atoms with Gasteiger partial charge in [0.25, 0.3) is 0 Å². The van der Waals surface area contributed by atoms with Crippen molar-refractivity contribution in [3.8, 4) is 0 Å². The highest BCUT2D eigenvalue weighted by atomic mass is 16.5. The zero-order valence-electron chi connectivity index (χ0n) is 12.5. The van der Waals surface area contributed by atoms with Gasteiger partial charge in [0, 0.05) is 6.54 Å². The molecule has 5 nitrogen and oxygen atoms in total. The van der Waals surface area contributed by atoms with Crippen LogP contribution in [0.3, 0.4) is 0 Å². The average Bonchev–Trinajstić information content (AvgIpc) is 2.53. The summed E-state index contributed by atoms with van der Waals surface area (Å²) in [5.74, 6) is -0.265. The van der Waals surface area contributed by atoms with E-state index in [1.807, 2.05) is 44.2 Å². The van der Waals surface area contributed by atoms with Gasteiger partial charge in [0.05, 0.1) is 0 Å². The minimum atomic E-state index is -0.481. The molecule has 0 unspecified atom stereocenters. The number of morpholine rings is 1. The topological polar surface area (TPSA) is 67.4 Å². The maximum Gasteiger partial charge on any atom is 0.323 e. The Labute approximate surface area is 125 Å². The molecule has 1 amide bonds. The van der Waals surface area contributed by atoms with Gasteiger partial charge in [-0.3, -0.25) is 14.9 Å². The van der Waals surface area contributed by atoms with Crippen molar-refractivity contribution < 1.29 is 14.3 Å². The third kappa shape index (κ3) is 4.04. The molecule has 114 valence electrons. The molecule has 21 heavy (non-hydrogen) atoms. The van der Waals surface area contributed by atoms with Gasteiger partial charge in [-0.1, -0.05) is 50.6 Å². The Hall–Kier alpha value is -1.88. The second kappa shape index (κ2) is 7.22. The van der Waals surface area contributed by atoms with Crippen molar-refractivity contribution in [1.29, 1.82) is 0 Å². The standard InChI is InChI=1S/C16H22N2O3/c1-3-11(2)14-16(20)21-10-13(18-14)15(19)17-9-12-7-5-4-6-8-12/h4-8,11,13-14,18H,3,9-10H2,1-2H3,(H,17,19)/t11-,13-,14-/m0/s1. The molecule has 0 saturated carbocycles. The van der Waals surface area contributed by atoms with E-state index in [1.54, 1.807) is 0 Å². The highest BCUT2D eigenvalue weighted by Crippen LogP contribution is 2.14. The number of rotatable bonds is 5. The fourth-order valence-corrected chi connectivity index (χ4v) is 2.28. The third-order valence-electron chi connectivity index (χ3n) is 3.87. The van der Waals surface area contributed by atoms with Crippen molar-refractivity contribution in [3.05, 3.63) is 35.9 Å². The van der Waals surface area contributed by atoms with Crippen LogP contribution in [0.2, 0.25) is 0 Å². The number of carbonyl (C=O) groups is 2. The van der Waals surface area contributed by atoms with Gasteiger partial charge in [0.2, 0.25) is 5.91 Å². The molecule has 2 N–H and O–H groups in total. The van der Waals surface area contributed by atoms with Crippen molar-refractivity contribution >= 4 is 11.9 Å². The Kier molecular flexibility index (Phi) is 5.33. The number of hydrogen-bond donors (Lipinski definition) is 2. The van der Waals surface area contributed by atoms with E-state index < -0.39 is 12.1 Å². The van der Waals surface area contributed by atoms with Crippen molar-refractivity contribution in [3.63, 3.8) is 0 Å². The Morgan fingerprint density at radius 3 is 2.81 bits per heavy atom. The van der Waals surface area contributed by atoms with Crippen LogP contribution in [0.4, 0.5) is 0 Å². The van der Waals surface area contributed by atoms with Crippen LogP contribution in [0.15, 0.2) is 30.3 Å². The van der Waals surface area contributed by atoms with Gasteiger partial charge in [-0.15, -0.1) is 0 Å². The van der Waals surface area contributed by atoms with E-state index >= 15 is 0 Å². The first-order chi connectivity index (χ1) is 10.1. The predicted molar refractivity (Wildman–Crippen MR) is 79.4 cm³/mol. The number of carbonyl (C=O) groups excluding carboxylic acids is 2. The highest BCUT2D eigenvalue weighted by molar-refractivity contribution is 5.85. The van der Waals surface area contributed by atoms with Gasteiger partial charge in [-0.25, -0.2) is 0 Å². The van der Waals surface area contributed by atoms with E-state index in [4.69, 9.17) is 4.74 Å². The Balaban J connectivity index is 1.89. The summed E-state index contributed by atoms with van der Waals surface area (Å²) in [6.45, 7) is 4.55. The van der Waals surface area contributed by atoms with Gasteiger partial charge in [-0.2, -0.15) is 0 Å². The molecular formula is C16H22N2O3. The zero-order chi connectivity index (χ0) is 15.2. The van der Waals surface area contributed by atoms with E-state index in [1.165, 1.54) is 0 Å². The molecule has 5 heteroatoms. The molecule has 1 heterocycles. The molecule has 0 bridgehead atoms. The second-order valence-electron chi connectivity index (χ2n) is 5.42. The summed E-state index contributed by atoms with van der Waals surface area (Å²) in [7, 11) is 0. The first-order valence-corrected chi connectivity index (χ1v) is 7.36. The van der Waals surface area contributed by atoms with Crippen molar-refractivity contribution in [2.24, 2.45) is 5.92 Å². The van der Waals surface area contributed by atoms with Crippen LogP contribution in [0.1, 0.15) is 25.8 Å². The summed E-state index contributed by atoms with van der Waals surface area (Å²) >= 11 is 0. The quantitative estimate of drug-likeness (QED) is 0.801. The summed E-state index contributed by atoms with van der Waals surface area (Å²) in [5.41, 5.74) is 1.04. The number of hydrogen-bond acceptors (Lipinski definition) is 4. The van der Waals surface area contributed by atoms with Crippen LogP contribution in [0, 0.1) is 5.92 Å². The fourth-order valence-electron chi connectivity index (χ4n) is 2.28. The minimum absolute atomic E-state index is 0.0897. The van der Waals surface area contributed by atoms with Crippen LogP contribution < -0.4 is 10.6 Å². The maximum absolute atomic E-state index is 12.2. The van der Waals surface area contributed by atoms with Crippen LogP contribution in [-0.2, 0) is 20.9 Å². The second-order valence-corrected chi connectivity index (χ2v) is 5.42. The molecular weight excluding hydrogens is 268 g/mol. The fraction of sp³-hybridized carbons (Fsp3) is 0.500. The first kappa shape index (κ1) is 15.5. The van der Waals surface area contributed by atoms with Gasteiger partial charge >= 0.3 is 5.97 Å². The molecule has 1 aromatic rings. The SMILES string of the molecule is CC[C@H](C)[C@@H]1N[C@H](C(=O)NCc2ccccc2)COC1=O. The van der Waals surface area contributed by atoms with Gasteiger partial charge in [-0.05, 0) is 11.5 Å². The van der Waals surface area contributed by atoms with Crippen molar-refractivity contribution in [2.45, 2.75) is 38.9 Å². The average molecular weight is 290 g/mol. The van der Waals surface area contributed by atoms with Gasteiger partial charge < -0.3 is 10.1 Å². The molecule has 1 aromatic carbocycles. The Bertz CT molecular complexity index is 490. The largest absolute Gasteiger partial charge is 0.462 e. The van der Waals surface area contributed by atoms with E-state index in [-0.39, 0.29) is 24.4 Å². The molecule has 0 aromatic heterocycles. The lowest BCUT2D eigenvalue weighted by Crippen LogP contribution is -2.59. The van der Waals surface area contributed by atoms with Crippen LogP contribution >= 0.6 is 0 Å². The molecule has 1 fully saturated rings. The first-order valence-electron chi connectivity index (χ1n) is 7.36. The van der Waals surface area contributed by atoms with E-state index in [0.717, 1.165) is 12.0 Å². The smallest absolute Gasteiger partial charge is 0.323 e. The van der Waals surface area contributed by atoms with E-state index in [9.17, 15) is 9.59 Å². The van der Waals surface area contributed by atoms with Crippen LogP contribution in [-0.4, -0.2) is 30.6 Å². The summed E-state index contributed by atoms with van der Waals surface area (Å²) in [6, 6.07) is 8.82. The lowest BCUT2D eigenvalue weighted by molar-refractivity contribution is -0.155. The number of cyclic esters (lactones) is 1. The van der Waals surface area contributed by atoms with E-state index in [2.05, 4.69) is 10.6 Å². The Morgan fingerprint density at radius 2 is 2.14 bits per heavy atom. The number of ether oxygens (including phenoxy) is 1. The summed E-state index contributed by atoms with van der Waals surface area (Å²) in [6.07, 6.45) is 0.852. The third-order valence-corrected chi connectivity index (χ3v) is 3.87. The molecule has 0 aliphatic carbocycles. The molecule has 0 radical (unpaired) electrons. The Morgan fingerprint density at radius 1 is 1.43 bits per heavy atom. The highest BCUT2D eigenvalue weighted by Gasteiger charge is 2.35. The predicted octanol–water partition coefficient (Wildman–Crippen LogP) is 1.23. The molecule has 3 atom stereocenters. The van der Waals surface area contributed by atoms with Gasteiger partial charge in [0.1, 0.15) is 18.7 Å². The van der Waals surface area contributed by atoms with Crippen molar-refractivity contribution in [2.75, 3.05) is 6.61 Å². The lowest BCUT2D eigenvalue weighted by atomic mass is 9.97. The normalized spacial score (nSPS) is 23.2. The number of esters is 1. The minimum Gasteiger partial charge on any atom is -0.462 e. The lowest BCUT2D eigenvalue weighted by Gasteiger charge is -2.32. The maximum atomic E-state index is 12.2. The monoisotopic (exact) mass is 290 g/mol. The van der Waals surface area contributed by atoms with Crippen molar-refractivity contribution in [1.82, 2.24) is 10.6 Å². The van der Waals surface area contributed by atoms with Crippen LogP contribution in [0.25, 0.3) is 0 Å². The van der Waals surface area contributed by atoms with E-state index in [0.29, 0.717) is 6.54 Å². The molecule has 2 rings (SSSR count). The summed E-state index contributed by atoms with van der Waals surface area (Å²) in [4.78, 5) is 23.9. The number of nitrogens with one attached hydrogen (secondary N) is 2. The molecule has 0 spiro atoms. The molecule has 1 saturated heterocycles. The van der Waals surface area contributed by atoms with Gasteiger partial charge in [0.15, 0.2) is 0 Å².